The van der Waals surface area contributed by atoms with Gasteiger partial charge in [-0.3, -0.25) is 33.6 Å². The van der Waals surface area contributed by atoms with Crippen molar-refractivity contribution in [2.24, 2.45) is 28.7 Å². The minimum absolute atomic E-state index is 0.00664. The van der Waals surface area contributed by atoms with Crippen LogP contribution in [0.4, 0.5) is 0 Å². The zero-order valence-electron chi connectivity index (χ0n) is 31.6. The van der Waals surface area contributed by atoms with E-state index in [1.54, 1.807) is 17.6 Å². The highest BCUT2D eigenvalue weighted by Gasteiger charge is 2.44. The first-order valence-electron chi connectivity index (χ1n) is 18.3. The number of fused-ring (bicyclic) bond motifs is 1. The molecule has 4 rings (SSSR count). The van der Waals surface area contributed by atoms with E-state index >= 15 is 0 Å². The Morgan fingerprint density at radius 3 is 2.31 bits per heavy atom. The molecule has 2 aliphatic heterocycles. The molecule has 3 heterocycles. The first-order chi connectivity index (χ1) is 25.5. The quantitative estimate of drug-likeness (QED) is 0.305. The SMILES string of the molecule is Cc1ncsc1-c1ccc([C@H]2NC(=O)[C@@H]3C[C@@H](C)CN3C(=O)[C@H](C(C)(C)C)NC(=O)CSCC[C@H](C(N)=O)NC(=O)[C@@H](CN)CC(=O)CCCC2=O)cc1. The van der Waals surface area contributed by atoms with E-state index in [1.807, 2.05) is 46.8 Å². The van der Waals surface area contributed by atoms with E-state index in [0.29, 0.717) is 18.5 Å². The Labute approximate surface area is 324 Å². The Balaban J connectivity index is 1.66. The van der Waals surface area contributed by atoms with Gasteiger partial charge in [0.1, 0.15) is 30.0 Å². The van der Waals surface area contributed by atoms with Gasteiger partial charge in [-0.15, -0.1) is 11.3 Å². The number of hydrogen-bond acceptors (Lipinski definition) is 11. The minimum atomic E-state index is -1.07. The van der Waals surface area contributed by atoms with Gasteiger partial charge in [0.2, 0.25) is 29.5 Å². The molecule has 6 atom stereocenters. The fourth-order valence-electron chi connectivity index (χ4n) is 6.75. The number of nitrogens with one attached hydrogen (secondary N) is 3. The molecule has 2 aromatic rings. The van der Waals surface area contributed by atoms with Crippen molar-refractivity contribution in [3.63, 3.8) is 0 Å². The number of carbonyl (C=O) groups excluding carboxylic acids is 7. The highest BCUT2D eigenvalue weighted by atomic mass is 32.2. The largest absolute Gasteiger partial charge is 0.368 e. The molecule has 0 bridgehead atoms. The van der Waals surface area contributed by atoms with E-state index in [-0.39, 0.29) is 67.6 Å². The maximum Gasteiger partial charge on any atom is 0.246 e. The van der Waals surface area contributed by atoms with Gasteiger partial charge >= 0.3 is 0 Å². The van der Waals surface area contributed by atoms with Crippen molar-refractivity contribution >= 4 is 64.2 Å². The molecule has 2 saturated heterocycles. The van der Waals surface area contributed by atoms with Crippen molar-refractivity contribution in [1.82, 2.24) is 25.8 Å². The molecule has 2 fully saturated rings. The van der Waals surface area contributed by atoms with Crippen LogP contribution in [0.3, 0.4) is 0 Å². The maximum absolute atomic E-state index is 14.2. The average Bonchev–Trinajstić information content (AvgIpc) is 3.73. The molecule has 1 aromatic carbocycles. The normalized spacial score (nSPS) is 26.4. The van der Waals surface area contributed by atoms with Crippen LogP contribution < -0.4 is 27.4 Å². The average molecular weight is 784 g/mol. The molecular formula is C38H53N7O7S2. The number of benzene rings is 1. The number of ketones is 2. The number of hydrogen-bond donors (Lipinski definition) is 5. The van der Waals surface area contributed by atoms with E-state index in [1.165, 1.54) is 28.0 Å². The molecule has 0 radical (unpaired) electrons. The maximum atomic E-state index is 14.2. The number of thioether (sulfide) groups is 1. The predicted molar refractivity (Wildman–Crippen MR) is 208 cm³/mol. The molecule has 0 unspecified atom stereocenters. The lowest BCUT2D eigenvalue weighted by Crippen LogP contribution is -2.58. The van der Waals surface area contributed by atoms with Gasteiger partial charge in [0.25, 0.3) is 0 Å². The highest BCUT2D eigenvalue weighted by molar-refractivity contribution is 7.99. The van der Waals surface area contributed by atoms with Gasteiger partial charge in [0.05, 0.1) is 27.8 Å². The van der Waals surface area contributed by atoms with Crippen LogP contribution in [0.1, 0.15) is 83.5 Å². The molecule has 5 amide bonds. The van der Waals surface area contributed by atoms with E-state index < -0.39 is 65.0 Å². The van der Waals surface area contributed by atoms with Crippen LogP contribution in [0.5, 0.6) is 0 Å². The number of primary amides is 1. The topological polar surface area (TPSA) is 224 Å². The molecule has 294 valence electrons. The Kier molecular flexibility index (Phi) is 14.9. The van der Waals surface area contributed by atoms with Crippen LogP contribution in [-0.2, 0) is 33.6 Å². The standard InChI is InChI=1S/C38H53N7O7S2/c1-21-15-28-36(51)44-31(23-9-11-24(12-10-23)32-22(2)41-20-54-32)29(47)8-6-7-26(46)16-25(17-39)35(50)42-27(34(40)49)13-14-53-19-30(48)43-33(38(3,4)5)37(52)45(28)18-21/h9-12,20-21,25,27-28,31,33H,6-8,13-19,39H2,1-5H3,(H2,40,49)(H,42,50)(H,43,48)(H,44,51)/t21-,25-,27-,28+,31-,33-/m1/s1. The molecule has 1 aromatic heterocycles. The highest BCUT2D eigenvalue weighted by Crippen LogP contribution is 2.31. The summed E-state index contributed by atoms with van der Waals surface area (Å²) in [6, 6.07) is 3.34. The zero-order chi connectivity index (χ0) is 39.7. The van der Waals surface area contributed by atoms with Crippen molar-refractivity contribution < 1.29 is 33.6 Å². The fraction of sp³-hybridized carbons (Fsp3) is 0.579. The van der Waals surface area contributed by atoms with Crippen molar-refractivity contribution in [3.05, 3.63) is 41.0 Å². The molecule has 0 spiro atoms. The van der Waals surface area contributed by atoms with Gasteiger partial charge in [0, 0.05) is 32.4 Å². The lowest BCUT2D eigenvalue weighted by molar-refractivity contribution is -0.144. The minimum Gasteiger partial charge on any atom is -0.368 e. The summed E-state index contributed by atoms with van der Waals surface area (Å²) in [5, 5.41) is 8.40. The molecule has 54 heavy (non-hydrogen) atoms. The third kappa shape index (κ3) is 11.2. The number of thiazole rings is 1. The van der Waals surface area contributed by atoms with Crippen LogP contribution >= 0.6 is 23.1 Å². The number of nitrogens with two attached hydrogens (primary N) is 2. The number of nitrogens with zero attached hydrogens (tertiary/aromatic N) is 2. The van der Waals surface area contributed by atoms with Gasteiger partial charge < -0.3 is 32.3 Å². The summed E-state index contributed by atoms with van der Waals surface area (Å²) in [5.74, 6) is -3.94. The summed E-state index contributed by atoms with van der Waals surface area (Å²) in [6.45, 7) is 9.49. The molecule has 0 aliphatic carbocycles. The van der Waals surface area contributed by atoms with Gasteiger partial charge in [-0.25, -0.2) is 4.98 Å². The smallest absolute Gasteiger partial charge is 0.246 e. The number of rotatable bonds is 4. The van der Waals surface area contributed by atoms with E-state index in [4.69, 9.17) is 11.5 Å². The van der Waals surface area contributed by atoms with E-state index in [9.17, 15) is 33.6 Å². The van der Waals surface area contributed by atoms with Crippen LogP contribution in [0.2, 0.25) is 0 Å². The predicted octanol–water partition coefficient (Wildman–Crippen LogP) is 2.42. The van der Waals surface area contributed by atoms with Crippen molar-refractivity contribution in [2.45, 2.75) is 97.3 Å². The van der Waals surface area contributed by atoms with E-state index in [0.717, 1.165) is 16.1 Å². The van der Waals surface area contributed by atoms with Gasteiger partial charge in [0.15, 0.2) is 5.78 Å². The van der Waals surface area contributed by atoms with Gasteiger partial charge in [-0.05, 0) is 54.4 Å². The van der Waals surface area contributed by atoms with Crippen molar-refractivity contribution in [3.8, 4) is 10.4 Å². The molecular weight excluding hydrogens is 731 g/mol. The Morgan fingerprint density at radius 2 is 1.70 bits per heavy atom. The lowest BCUT2D eigenvalue weighted by Gasteiger charge is -2.35. The lowest BCUT2D eigenvalue weighted by atomic mass is 9.85. The third-order valence-corrected chi connectivity index (χ3v) is 11.8. The van der Waals surface area contributed by atoms with Crippen molar-refractivity contribution in [1.29, 1.82) is 0 Å². The second kappa shape index (κ2) is 18.9. The first-order valence-corrected chi connectivity index (χ1v) is 20.4. The number of aromatic nitrogens is 1. The van der Waals surface area contributed by atoms with Gasteiger partial charge in [-0.2, -0.15) is 11.8 Å². The number of amides is 5. The fourth-order valence-corrected chi connectivity index (χ4v) is 8.38. The summed E-state index contributed by atoms with van der Waals surface area (Å²) in [6.07, 6.45) is 0.426. The van der Waals surface area contributed by atoms with Crippen LogP contribution in [-0.4, -0.2) is 93.7 Å². The third-order valence-electron chi connectivity index (χ3n) is 9.83. The Hall–Kier alpha value is -4.15. The molecule has 16 heteroatoms. The number of aryl methyl sites for hydroxylation is 1. The molecule has 14 nitrogen and oxygen atoms in total. The summed E-state index contributed by atoms with van der Waals surface area (Å²) in [5.41, 5.74) is 14.8. The summed E-state index contributed by atoms with van der Waals surface area (Å²) in [4.78, 5) is 101. The van der Waals surface area contributed by atoms with Crippen LogP contribution in [0.15, 0.2) is 29.8 Å². The first kappa shape index (κ1) is 42.6. The second-order valence-electron chi connectivity index (χ2n) is 15.3. The van der Waals surface area contributed by atoms with Crippen molar-refractivity contribution in [2.75, 3.05) is 24.6 Å². The monoisotopic (exact) mass is 783 g/mol. The van der Waals surface area contributed by atoms with Crippen LogP contribution in [0, 0.1) is 24.2 Å². The Morgan fingerprint density at radius 1 is 1.00 bits per heavy atom. The summed E-state index contributed by atoms with van der Waals surface area (Å²) < 4.78 is 0. The molecule has 0 saturated carbocycles. The second-order valence-corrected chi connectivity index (χ2v) is 17.3. The number of carbonyl (C=O) groups is 7. The van der Waals surface area contributed by atoms with Crippen LogP contribution in [0.25, 0.3) is 10.4 Å². The molecule has 7 N–H and O–H groups in total. The summed E-state index contributed by atoms with van der Waals surface area (Å²) >= 11 is 2.70. The van der Waals surface area contributed by atoms with Gasteiger partial charge in [-0.1, -0.05) is 52.0 Å². The van der Waals surface area contributed by atoms with E-state index in [2.05, 4.69) is 20.9 Å². The number of Topliss-reactive ketones (excluding diaryl/α,β-unsaturated/α-hetero) is 2. The zero-order valence-corrected chi connectivity index (χ0v) is 33.3. The summed E-state index contributed by atoms with van der Waals surface area (Å²) in [7, 11) is 0. The Bertz CT molecular complexity index is 1710. The molecule has 2 aliphatic rings.